The molecule has 21 heavy (non-hydrogen) atoms. The molecule has 0 spiro atoms. The van der Waals surface area contributed by atoms with Crippen molar-refractivity contribution in [2.75, 3.05) is 12.8 Å². The first-order valence-corrected chi connectivity index (χ1v) is 9.39. The minimum absolute atomic E-state index is 0.237. The second kappa shape index (κ2) is 7.81. The number of hydrogen-bond acceptors (Lipinski definition) is 3. The molecule has 0 aliphatic heterocycles. The number of benzene rings is 1. The van der Waals surface area contributed by atoms with Crippen LogP contribution in [0.5, 0.6) is 0 Å². The monoisotopic (exact) mass is 431 g/mol. The Hall–Kier alpha value is -0.300. The lowest BCUT2D eigenvalue weighted by atomic mass is 10.2. The summed E-state index contributed by atoms with van der Waals surface area (Å²) in [4.78, 5) is 1.25. The topological polar surface area (TPSA) is 29.9 Å². The zero-order valence-electron chi connectivity index (χ0n) is 12.3. The zero-order chi connectivity index (χ0) is 15.4. The van der Waals surface area contributed by atoms with Gasteiger partial charge in [-0.05, 0) is 64.9 Å². The number of hydrogen-bond donors (Lipinski definition) is 1. The van der Waals surface area contributed by atoms with Crippen LogP contribution in [0.1, 0.15) is 31.6 Å². The molecule has 0 fully saturated rings. The van der Waals surface area contributed by atoms with Gasteiger partial charge >= 0.3 is 0 Å². The number of halogens is 2. The lowest BCUT2D eigenvalue weighted by Crippen LogP contribution is -2.23. The molecule has 0 bridgehead atoms. The van der Waals surface area contributed by atoms with E-state index in [2.05, 4.69) is 79.0 Å². The molecular formula is C15H19Br2N3S. The van der Waals surface area contributed by atoms with Crippen LogP contribution in [0.4, 0.5) is 0 Å². The molecule has 0 aliphatic rings. The van der Waals surface area contributed by atoms with Crippen molar-refractivity contribution < 1.29 is 0 Å². The van der Waals surface area contributed by atoms with Gasteiger partial charge in [-0.3, -0.25) is 4.68 Å². The second-order valence-electron chi connectivity index (χ2n) is 5.00. The Bertz CT molecular complexity index is 598. The molecule has 1 aromatic heterocycles. The molecule has 114 valence electrons. The molecule has 1 atom stereocenters. The Morgan fingerprint density at radius 3 is 2.57 bits per heavy atom. The summed E-state index contributed by atoms with van der Waals surface area (Å²) in [7, 11) is 2.00. The van der Waals surface area contributed by atoms with Crippen LogP contribution in [-0.4, -0.2) is 22.6 Å². The first-order chi connectivity index (χ1) is 10.0. The lowest BCUT2D eigenvalue weighted by molar-refractivity contribution is 0.476. The van der Waals surface area contributed by atoms with E-state index in [9.17, 15) is 0 Å². The van der Waals surface area contributed by atoms with Gasteiger partial charge in [0.2, 0.25) is 0 Å². The van der Waals surface area contributed by atoms with Gasteiger partial charge < -0.3 is 5.32 Å². The van der Waals surface area contributed by atoms with Crippen molar-refractivity contribution in [3.05, 3.63) is 45.1 Å². The van der Waals surface area contributed by atoms with Gasteiger partial charge in [-0.15, -0.1) is 11.8 Å². The fraction of sp³-hybridized carbons (Fsp3) is 0.400. The molecular weight excluding hydrogens is 414 g/mol. The minimum Gasteiger partial charge on any atom is -0.311 e. The maximum absolute atomic E-state index is 4.47. The number of thioether (sulfide) groups is 1. The van der Waals surface area contributed by atoms with E-state index in [0.29, 0.717) is 6.04 Å². The van der Waals surface area contributed by atoms with Gasteiger partial charge in [0.25, 0.3) is 0 Å². The van der Waals surface area contributed by atoms with Crippen LogP contribution >= 0.6 is 43.6 Å². The number of nitrogens with one attached hydrogen (secondary N) is 1. The average Bonchev–Trinajstić information content (AvgIpc) is 2.84. The quantitative estimate of drug-likeness (QED) is 0.648. The highest BCUT2D eigenvalue weighted by Gasteiger charge is 2.20. The molecule has 2 aromatic rings. The van der Waals surface area contributed by atoms with E-state index in [1.54, 1.807) is 0 Å². The normalized spacial score (nSPS) is 12.9. The number of nitrogens with zero attached hydrogens (tertiary/aromatic N) is 2. The Balaban J connectivity index is 2.17. The van der Waals surface area contributed by atoms with Crippen molar-refractivity contribution >= 4 is 43.6 Å². The molecule has 0 amide bonds. The first kappa shape index (κ1) is 17.1. The molecule has 0 saturated carbocycles. The Morgan fingerprint density at radius 2 is 1.95 bits per heavy atom. The SMILES string of the molecule is CNC(CSc1ccccc1Br)c1c(Br)cnn1C(C)C. The Morgan fingerprint density at radius 1 is 1.24 bits per heavy atom. The van der Waals surface area contributed by atoms with Gasteiger partial charge in [0.05, 0.1) is 22.4 Å². The van der Waals surface area contributed by atoms with Gasteiger partial charge in [0.15, 0.2) is 0 Å². The molecule has 0 aliphatic carbocycles. The molecule has 0 saturated heterocycles. The lowest BCUT2D eigenvalue weighted by Gasteiger charge is -2.20. The zero-order valence-corrected chi connectivity index (χ0v) is 16.3. The van der Waals surface area contributed by atoms with Gasteiger partial charge in [0, 0.05) is 21.2 Å². The second-order valence-corrected chi connectivity index (χ2v) is 7.77. The third-order valence-corrected chi connectivity index (χ3v) is 5.93. The number of aromatic nitrogens is 2. The van der Waals surface area contributed by atoms with Gasteiger partial charge in [-0.25, -0.2) is 0 Å². The first-order valence-electron chi connectivity index (χ1n) is 6.82. The molecule has 1 heterocycles. The van der Waals surface area contributed by atoms with Crippen LogP contribution in [0.25, 0.3) is 0 Å². The van der Waals surface area contributed by atoms with E-state index in [1.807, 2.05) is 31.1 Å². The molecule has 6 heteroatoms. The van der Waals surface area contributed by atoms with Gasteiger partial charge in [-0.1, -0.05) is 12.1 Å². The van der Waals surface area contributed by atoms with Crippen LogP contribution in [0.3, 0.4) is 0 Å². The fourth-order valence-electron chi connectivity index (χ4n) is 2.12. The summed E-state index contributed by atoms with van der Waals surface area (Å²) in [5.74, 6) is 0.941. The molecule has 3 nitrogen and oxygen atoms in total. The smallest absolute Gasteiger partial charge is 0.0707 e. The minimum atomic E-state index is 0.237. The van der Waals surface area contributed by atoms with Crippen molar-refractivity contribution in [1.82, 2.24) is 15.1 Å². The predicted octanol–water partition coefficient (Wildman–Crippen LogP) is 5.04. The van der Waals surface area contributed by atoms with Crippen LogP contribution in [-0.2, 0) is 0 Å². The summed E-state index contributed by atoms with van der Waals surface area (Å²) >= 11 is 9.06. The van der Waals surface area contributed by atoms with Gasteiger partial charge in [-0.2, -0.15) is 5.10 Å². The highest BCUT2D eigenvalue weighted by molar-refractivity contribution is 9.10. The summed E-state index contributed by atoms with van der Waals surface area (Å²) in [5, 5.41) is 7.87. The summed E-state index contributed by atoms with van der Waals surface area (Å²) in [6.07, 6.45) is 1.88. The van der Waals surface area contributed by atoms with Gasteiger partial charge in [0.1, 0.15) is 0 Å². The third kappa shape index (κ3) is 4.12. The van der Waals surface area contributed by atoms with E-state index < -0.39 is 0 Å². The van der Waals surface area contributed by atoms with Crippen molar-refractivity contribution in [1.29, 1.82) is 0 Å². The maximum Gasteiger partial charge on any atom is 0.0707 e. The largest absolute Gasteiger partial charge is 0.311 e. The highest BCUT2D eigenvalue weighted by Crippen LogP contribution is 2.33. The Labute approximate surface area is 147 Å². The average molecular weight is 433 g/mol. The van der Waals surface area contributed by atoms with E-state index in [-0.39, 0.29) is 6.04 Å². The summed E-state index contributed by atoms with van der Waals surface area (Å²) < 4.78 is 4.27. The number of rotatable bonds is 6. The molecule has 1 N–H and O–H groups in total. The van der Waals surface area contributed by atoms with E-state index in [1.165, 1.54) is 10.6 Å². The van der Waals surface area contributed by atoms with Crippen LogP contribution in [0, 0.1) is 0 Å². The fourth-order valence-corrected chi connectivity index (χ4v) is 4.35. The molecule has 1 aromatic carbocycles. The van der Waals surface area contributed by atoms with Crippen molar-refractivity contribution in [3.63, 3.8) is 0 Å². The van der Waals surface area contributed by atoms with E-state index >= 15 is 0 Å². The molecule has 2 rings (SSSR count). The predicted molar refractivity (Wildman–Crippen MR) is 97.0 cm³/mol. The van der Waals surface area contributed by atoms with Crippen LogP contribution in [0.15, 0.2) is 44.3 Å². The molecule has 0 radical (unpaired) electrons. The van der Waals surface area contributed by atoms with Crippen molar-refractivity contribution in [2.45, 2.75) is 30.8 Å². The van der Waals surface area contributed by atoms with Crippen LogP contribution in [0.2, 0.25) is 0 Å². The summed E-state index contributed by atoms with van der Waals surface area (Å²) in [6.45, 7) is 4.30. The summed E-state index contributed by atoms with van der Waals surface area (Å²) in [5.41, 5.74) is 1.20. The van der Waals surface area contributed by atoms with Crippen molar-refractivity contribution in [3.8, 4) is 0 Å². The standard InChI is InChI=1S/C15H19Br2N3S/c1-10(2)20-15(12(17)8-19-20)13(18-3)9-21-14-7-5-4-6-11(14)16/h4-8,10,13,18H,9H2,1-3H3. The van der Waals surface area contributed by atoms with E-state index in [4.69, 9.17) is 0 Å². The highest BCUT2D eigenvalue weighted by atomic mass is 79.9. The van der Waals surface area contributed by atoms with E-state index in [0.717, 1.165) is 14.7 Å². The maximum atomic E-state index is 4.47. The van der Waals surface area contributed by atoms with Crippen LogP contribution < -0.4 is 5.32 Å². The summed E-state index contributed by atoms with van der Waals surface area (Å²) in [6, 6.07) is 8.89. The molecule has 1 unspecified atom stereocenters. The van der Waals surface area contributed by atoms with Crippen molar-refractivity contribution in [2.24, 2.45) is 0 Å². The third-order valence-electron chi connectivity index (χ3n) is 3.20. The Kier molecular flexibility index (Phi) is 6.34.